The van der Waals surface area contributed by atoms with Gasteiger partial charge in [-0.2, -0.15) is 13.2 Å². The van der Waals surface area contributed by atoms with E-state index in [2.05, 4.69) is 4.98 Å². The fourth-order valence-corrected chi connectivity index (χ4v) is 1.66. The van der Waals surface area contributed by atoms with Gasteiger partial charge < -0.3 is 0 Å². The summed E-state index contributed by atoms with van der Waals surface area (Å²) >= 11 is 0. The Balaban J connectivity index is 2.30. The van der Waals surface area contributed by atoms with Crippen LogP contribution in [0.25, 0.3) is 0 Å². The van der Waals surface area contributed by atoms with Crippen molar-refractivity contribution in [3.63, 3.8) is 0 Å². The molecule has 0 saturated carbocycles. The van der Waals surface area contributed by atoms with E-state index in [0.29, 0.717) is 11.3 Å². The third-order valence-electron chi connectivity index (χ3n) is 2.63. The molecule has 0 spiro atoms. The molecule has 19 heavy (non-hydrogen) atoms. The third kappa shape index (κ3) is 2.99. The second kappa shape index (κ2) is 4.84. The summed E-state index contributed by atoms with van der Waals surface area (Å²) in [6.07, 6.45) is -2.90. The molecule has 1 heterocycles. The second-order valence-electron chi connectivity index (χ2n) is 4.09. The number of aromatic nitrogens is 1. The van der Waals surface area contributed by atoms with E-state index < -0.39 is 11.7 Å². The molecule has 2 nitrogen and oxygen atoms in total. The predicted octanol–water partition coefficient (Wildman–Crippen LogP) is 3.64. The maximum atomic E-state index is 12.4. The molecule has 2 rings (SSSR count). The van der Waals surface area contributed by atoms with Crippen LogP contribution in [0, 0.1) is 6.92 Å². The van der Waals surface area contributed by atoms with Crippen molar-refractivity contribution in [1.82, 2.24) is 4.98 Å². The molecular formula is C14H10F3NO. The summed E-state index contributed by atoms with van der Waals surface area (Å²) in [5.74, 6) is -0.320. The SMILES string of the molecule is Cc1cc(C(=O)c2ccc(C(F)(F)F)cc2)ccn1. The minimum absolute atomic E-state index is 0.221. The zero-order valence-corrected chi connectivity index (χ0v) is 10.0. The van der Waals surface area contributed by atoms with Gasteiger partial charge in [-0.05, 0) is 31.2 Å². The Bertz CT molecular complexity index is 603. The average Bonchev–Trinajstić information content (AvgIpc) is 2.37. The van der Waals surface area contributed by atoms with Gasteiger partial charge in [-0.1, -0.05) is 12.1 Å². The van der Waals surface area contributed by atoms with Crippen molar-refractivity contribution < 1.29 is 18.0 Å². The summed E-state index contributed by atoms with van der Waals surface area (Å²) in [7, 11) is 0. The Kier molecular flexibility index (Phi) is 3.38. The Morgan fingerprint density at radius 2 is 1.68 bits per heavy atom. The lowest BCUT2D eigenvalue weighted by atomic mass is 10.0. The number of rotatable bonds is 2. The van der Waals surface area contributed by atoms with Crippen LogP contribution in [0.4, 0.5) is 13.2 Å². The first-order chi connectivity index (χ1) is 8.88. The monoisotopic (exact) mass is 265 g/mol. The number of nitrogens with zero attached hydrogens (tertiary/aromatic N) is 1. The van der Waals surface area contributed by atoms with Crippen LogP contribution in [0.2, 0.25) is 0 Å². The van der Waals surface area contributed by atoms with E-state index >= 15 is 0 Å². The lowest BCUT2D eigenvalue weighted by Gasteiger charge is -2.07. The molecule has 0 N–H and O–H groups in total. The molecule has 0 atom stereocenters. The fraction of sp³-hybridized carbons (Fsp3) is 0.143. The molecule has 1 aromatic heterocycles. The summed E-state index contributed by atoms with van der Waals surface area (Å²) < 4.78 is 37.2. The maximum absolute atomic E-state index is 12.4. The summed E-state index contributed by atoms with van der Waals surface area (Å²) in [5.41, 5.74) is 0.540. The highest BCUT2D eigenvalue weighted by Crippen LogP contribution is 2.29. The molecular weight excluding hydrogens is 255 g/mol. The topological polar surface area (TPSA) is 30.0 Å². The molecule has 0 aliphatic rings. The number of benzene rings is 1. The van der Waals surface area contributed by atoms with E-state index in [1.807, 2.05) is 0 Å². The van der Waals surface area contributed by atoms with Crippen LogP contribution in [0.3, 0.4) is 0 Å². The van der Waals surface area contributed by atoms with Crippen LogP contribution in [0.5, 0.6) is 0 Å². The van der Waals surface area contributed by atoms with Crippen molar-refractivity contribution in [3.8, 4) is 0 Å². The number of ketones is 1. The van der Waals surface area contributed by atoms with Gasteiger partial charge in [-0.3, -0.25) is 9.78 Å². The average molecular weight is 265 g/mol. The molecule has 1 aromatic carbocycles. The lowest BCUT2D eigenvalue weighted by molar-refractivity contribution is -0.137. The molecule has 5 heteroatoms. The van der Waals surface area contributed by atoms with Crippen LogP contribution >= 0.6 is 0 Å². The lowest BCUT2D eigenvalue weighted by Crippen LogP contribution is -2.06. The summed E-state index contributed by atoms with van der Waals surface area (Å²) in [4.78, 5) is 16.0. The van der Waals surface area contributed by atoms with Crippen LogP contribution in [-0.4, -0.2) is 10.8 Å². The van der Waals surface area contributed by atoms with Crippen molar-refractivity contribution in [1.29, 1.82) is 0 Å². The maximum Gasteiger partial charge on any atom is 0.416 e. The minimum Gasteiger partial charge on any atom is -0.289 e. The van der Waals surface area contributed by atoms with Gasteiger partial charge >= 0.3 is 6.18 Å². The van der Waals surface area contributed by atoms with Crippen molar-refractivity contribution in [2.45, 2.75) is 13.1 Å². The van der Waals surface area contributed by atoms with Crippen LogP contribution in [-0.2, 0) is 6.18 Å². The zero-order valence-electron chi connectivity index (χ0n) is 10.0. The number of aryl methyl sites for hydroxylation is 1. The van der Waals surface area contributed by atoms with Gasteiger partial charge in [0.2, 0.25) is 0 Å². The number of pyridine rings is 1. The van der Waals surface area contributed by atoms with Crippen molar-refractivity contribution in [3.05, 3.63) is 65.0 Å². The van der Waals surface area contributed by atoms with Gasteiger partial charge in [0.25, 0.3) is 0 Å². The minimum atomic E-state index is -4.39. The van der Waals surface area contributed by atoms with E-state index in [0.717, 1.165) is 12.1 Å². The summed E-state index contributed by atoms with van der Waals surface area (Å²) in [5, 5.41) is 0. The van der Waals surface area contributed by atoms with Crippen LogP contribution in [0.15, 0.2) is 42.6 Å². The fourth-order valence-electron chi connectivity index (χ4n) is 1.66. The van der Waals surface area contributed by atoms with Gasteiger partial charge in [0.15, 0.2) is 5.78 Å². The van der Waals surface area contributed by atoms with Crippen molar-refractivity contribution in [2.24, 2.45) is 0 Å². The Morgan fingerprint density at radius 3 is 2.21 bits per heavy atom. The first-order valence-electron chi connectivity index (χ1n) is 5.52. The largest absolute Gasteiger partial charge is 0.416 e. The van der Waals surface area contributed by atoms with Gasteiger partial charge in [0, 0.05) is 23.0 Å². The normalized spacial score (nSPS) is 11.4. The molecule has 0 amide bonds. The Labute approximate surface area is 107 Å². The number of alkyl halides is 3. The number of carbonyl (C=O) groups is 1. The molecule has 0 aliphatic carbocycles. The molecule has 0 unspecified atom stereocenters. The predicted molar refractivity (Wildman–Crippen MR) is 63.9 cm³/mol. The molecule has 0 radical (unpaired) electrons. The Hall–Kier alpha value is -2.17. The molecule has 0 aliphatic heterocycles. The molecule has 98 valence electrons. The van der Waals surface area contributed by atoms with Gasteiger partial charge in [0.1, 0.15) is 0 Å². The van der Waals surface area contributed by atoms with Gasteiger partial charge in [0.05, 0.1) is 5.56 Å². The first-order valence-corrected chi connectivity index (χ1v) is 5.52. The number of halogens is 3. The van der Waals surface area contributed by atoms with E-state index in [9.17, 15) is 18.0 Å². The van der Waals surface area contributed by atoms with E-state index in [4.69, 9.17) is 0 Å². The zero-order chi connectivity index (χ0) is 14.0. The third-order valence-corrected chi connectivity index (χ3v) is 2.63. The van der Waals surface area contributed by atoms with Gasteiger partial charge in [-0.15, -0.1) is 0 Å². The highest BCUT2D eigenvalue weighted by molar-refractivity contribution is 6.08. The first kappa shape index (κ1) is 13.3. The van der Waals surface area contributed by atoms with Crippen molar-refractivity contribution in [2.75, 3.05) is 0 Å². The molecule has 0 fully saturated rings. The standard InChI is InChI=1S/C14H10F3NO/c1-9-8-11(6-7-18-9)13(19)10-2-4-12(5-3-10)14(15,16)17/h2-8H,1H3. The highest BCUT2D eigenvalue weighted by Gasteiger charge is 2.30. The highest BCUT2D eigenvalue weighted by atomic mass is 19.4. The number of carbonyl (C=O) groups excluding carboxylic acids is 1. The smallest absolute Gasteiger partial charge is 0.289 e. The van der Waals surface area contributed by atoms with Crippen LogP contribution < -0.4 is 0 Å². The summed E-state index contributed by atoms with van der Waals surface area (Å²) in [6.45, 7) is 1.74. The van der Waals surface area contributed by atoms with E-state index in [1.54, 1.807) is 13.0 Å². The molecule has 0 saturated heterocycles. The van der Waals surface area contributed by atoms with E-state index in [-0.39, 0.29) is 11.3 Å². The molecule has 2 aromatic rings. The molecule has 0 bridgehead atoms. The quantitative estimate of drug-likeness (QED) is 0.776. The number of hydrogen-bond acceptors (Lipinski definition) is 2. The van der Waals surface area contributed by atoms with E-state index in [1.165, 1.54) is 24.4 Å². The van der Waals surface area contributed by atoms with Crippen molar-refractivity contribution >= 4 is 5.78 Å². The van der Waals surface area contributed by atoms with Gasteiger partial charge in [-0.25, -0.2) is 0 Å². The van der Waals surface area contributed by atoms with Crippen LogP contribution in [0.1, 0.15) is 27.2 Å². The summed E-state index contributed by atoms with van der Waals surface area (Å²) in [6, 6.07) is 7.30. The number of hydrogen-bond donors (Lipinski definition) is 0. The second-order valence-corrected chi connectivity index (χ2v) is 4.09. The Morgan fingerprint density at radius 1 is 1.05 bits per heavy atom.